The van der Waals surface area contributed by atoms with E-state index in [1.807, 2.05) is 0 Å². The molecule has 0 heterocycles. The van der Waals surface area contributed by atoms with Crippen LogP contribution in [0.25, 0.3) is 0 Å². The number of nitrogens with two attached hydrogens (primary N) is 1. The number of hydrogen-bond donors (Lipinski definition) is 1. The van der Waals surface area contributed by atoms with E-state index in [9.17, 15) is 8.60 Å². The molecule has 1 aromatic rings. The molecule has 0 amide bonds. The van der Waals surface area contributed by atoms with Crippen molar-refractivity contribution in [2.75, 3.05) is 0 Å². The molecule has 76 valence electrons. The summed E-state index contributed by atoms with van der Waals surface area (Å²) in [6.07, 6.45) is 1.85. The van der Waals surface area contributed by atoms with Crippen LogP contribution in [0.3, 0.4) is 0 Å². The maximum atomic E-state index is 12.6. The molecular formula is C10H12FNOS. The summed E-state index contributed by atoms with van der Waals surface area (Å²) in [5.41, 5.74) is 5.72. The highest BCUT2D eigenvalue weighted by molar-refractivity contribution is 7.85. The van der Waals surface area contributed by atoms with Crippen molar-refractivity contribution >= 4 is 10.8 Å². The molecule has 0 saturated heterocycles. The van der Waals surface area contributed by atoms with E-state index >= 15 is 0 Å². The summed E-state index contributed by atoms with van der Waals surface area (Å²) in [6, 6.07) is 5.84. The summed E-state index contributed by atoms with van der Waals surface area (Å²) in [5, 5.41) is 0.0560. The standard InChI is InChI=1S/C10H12FNOS/c11-7-1-3-8(4-2-7)14(13)10-6-5-9(10)12/h1-4,9-10H,5-6,12H2. The summed E-state index contributed by atoms with van der Waals surface area (Å²) in [6.45, 7) is 0. The Hall–Kier alpha value is -0.740. The van der Waals surface area contributed by atoms with Gasteiger partial charge in [0.05, 0.1) is 16.0 Å². The molecule has 0 radical (unpaired) electrons. The third-order valence-electron chi connectivity index (χ3n) is 2.58. The van der Waals surface area contributed by atoms with Crippen molar-refractivity contribution in [3.8, 4) is 0 Å². The molecule has 1 aliphatic carbocycles. The molecule has 1 aliphatic rings. The maximum absolute atomic E-state index is 12.6. The highest BCUT2D eigenvalue weighted by atomic mass is 32.2. The first-order chi connectivity index (χ1) is 6.68. The first-order valence-corrected chi connectivity index (χ1v) is 5.81. The predicted molar refractivity (Wildman–Crippen MR) is 53.8 cm³/mol. The average Bonchev–Trinajstić information content (AvgIpc) is 2.16. The second kappa shape index (κ2) is 3.79. The van der Waals surface area contributed by atoms with E-state index in [4.69, 9.17) is 5.73 Å². The first kappa shape index (κ1) is 9.80. The number of rotatable bonds is 2. The van der Waals surface area contributed by atoms with Gasteiger partial charge in [-0.1, -0.05) is 0 Å². The summed E-state index contributed by atoms with van der Waals surface area (Å²) >= 11 is 0. The molecule has 1 saturated carbocycles. The van der Waals surface area contributed by atoms with Crippen LogP contribution in [0, 0.1) is 5.82 Å². The Balaban J connectivity index is 2.15. The highest BCUT2D eigenvalue weighted by Gasteiger charge is 2.33. The largest absolute Gasteiger partial charge is 0.327 e. The first-order valence-electron chi connectivity index (χ1n) is 4.60. The predicted octanol–water partition coefficient (Wildman–Crippen LogP) is 1.42. The van der Waals surface area contributed by atoms with E-state index in [-0.39, 0.29) is 17.1 Å². The van der Waals surface area contributed by atoms with Gasteiger partial charge in [0.25, 0.3) is 0 Å². The summed E-state index contributed by atoms with van der Waals surface area (Å²) < 4.78 is 24.5. The lowest BCUT2D eigenvalue weighted by Gasteiger charge is -2.32. The van der Waals surface area contributed by atoms with Gasteiger partial charge in [-0.2, -0.15) is 0 Å². The molecule has 3 atom stereocenters. The van der Waals surface area contributed by atoms with Crippen LogP contribution in [0.5, 0.6) is 0 Å². The van der Waals surface area contributed by atoms with Crippen molar-refractivity contribution in [3.05, 3.63) is 30.1 Å². The molecule has 0 spiro atoms. The quantitative estimate of drug-likeness (QED) is 0.807. The van der Waals surface area contributed by atoms with Crippen molar-refractivity contribution in [1.29, 1.82) is 0 Å². The molecular weight excluding hydrogens is 201 g/mol. The van der Waals surface area contributed by atoms with Gasteiger partial charge in [0.1, 0.15) is 5.82 Å². The third kappa shape index (κ3) is 1.72. The molecule has 2 N–H and O–H groups in total. The Morgan fingerprint density at radius 1 is 1.29 bits per heavy atom. The van der Waals surface area contributed by atoms with Crippen LogP contribution in [0.15, 0.2) is 29.2 Å². The SMILES string of the molecule is NC1CCC1S(=O)c1ccc(F)cc1. The number of halogens is 1. The summed E-state index contributed by atoms with van der Waals surface area (Å²) in [4.78, 5) is 0.673. The monoisotopic (exact) mass is 213 g/mol. The van der Waals surface area contributed by atoms with E-state index in [2.05, 4.69) is 0 Å². The van der Waals surface area contributed by atoms with Crippen LogP contribution in [-0.2, 0) is 10.8 Å². The zero-order chi connectivity index (χ0) is 10.1. The molecule has 1 fully saturated rings. The second-order valence-electron chi connectivity index (χ2n) is 3.53. The molecule has 0 aliphatic heterocycles. The van der Waals surface area contributed by atoms with Crippen LogP contribution >= 0.6 is 0 Å². The van der Waals surface area contributed by atoms with Crippen LogP contribution in [0.4, 0.5) is 4.39 Å². The van der Waals surface area contributed by atoms with Crippen molar-refractivity contribution in [3.63, 3.8) is 0 Å². The fourth-order valence-electron chi connectivity index (χ4n) is 1.50. The van der Waals surface area contributed by atoms with Crippen LogP contribution in [-0.4, -0.2) is 15.5 Å². The van der Waals surface area contributed by atoms with Gasteiger partial charge in [-0.05, 0) is 37.1 Å². The smallest absolute Gasteiger partial charge is 0.123 e. The Morgan fingerprint density at radius 3 is 2.36 bits per heavy atom. The van der Waals surface area contributed by atoms with Gasteiger partial charge < -0.3 is 5.73 Å². The van der Waals surface area contributed by atoms with Gasteiger partial charge >= 0.3 is 0 Å². The zero-order valence-electron chi connectivity index (χ0n) is 7.65. The maximum Gasteiger partial charge on any atom is 0.123 e. The van der Waals surface area contributed by atoms with Gasteiger partial charge in [-0.15, -0.1) is 0 Å². The fraction of sp³-hybridized carbons (Fsp3) is 0.400. The molecule has 4 heteroatoms. The topological polar surface area (TPSA) is 43.1 Å². The van der Waals surface area contributed by atoms with Crippen molar-refractivity contribution in [1.82, 2.24) is 0 Å². The summed E-state index contributed by atoms with van der Waals surface area (Å²) in [7, 11) is -1.07. The Morgan fingerprint density at radius 2 is 1.93 bits per heavy atom. The molecule has 2 nitrogen and oxygen atoms in total. The molecule has 3 unspecified atom stereocenters. The zero-order valence-corrected chi connectivity index (χ0v) is 8.47. The average molecular weight is 213 g/mol. The van der Waals surface area contributed by atoms with Crippen molar-refractivity contribution in [2.24, 2.45) is 5.73 Å². The van der Waals surface area contributed by atoms with Crippen molar-refractivity contribution in [2.45, 2.75) is 29.0 Å². The van der Waals surface area contributed by atoms with Gasteiger partial charge in [0.2, 0.25) is 0 Å². The molecule has 2 rings (SSSR count). The Bertz CT molecular complexity index is 352. The van der Waals surface area contributed by atoms with Gasteiger partial charge in [-0.3, -0.25) is 4.21 Å². The van der Waals surface area contributed by atoms with E-state index in [1.54, 1.807) is 12.1 Å². The van der Waals surface area contributed by atoms with E-state index in [0.29, 0.717) is 4.90 Å². The van der Waals surface area contributed by atoms with Crippen molar-refractivity contribution < 1.29 is 8.60 Å². The minimum absolute atomic E-state index is 0.0425. The van der Waals surface area contributed by atoms with E-state index in [0.717, 1.165) is 12.8 Å². The minimum Gasteiger partial charge on any atom is -0.327 e. The Labute approximate surface area is 84.8 Å². The number of hydrogen-bond acceptors (Lipinski definition) is 2. The molecule has 14 heavy (non-hydrogen) atoms. The third-order valence-corrected chi connectivity index (χ3v) is 4.45. The van der Waals surface area contributed by atoms with E-state index < -0.39 is 10.8 Å². The molecule has 0 bridgehead atoms. The van der Waals surface area contributed by atoms with E-state index in [1.165, 1.54) is 12.1 Å². The normalized spacial score (nSPS) is 28.1. The second-order valence-corrected chi connectivity index (χ2v) is 5.20. The Kier molecular flexibility index (Phi) is 2.65. The molecule has 0 aromatic heterocycles. The number of benzene rings is 1. The van der Waals surface area contributed by atoms with Gasteiger partial charge in [0.15, 0.2) is 0 Å². The lowest BCUT2D eigenvalue weighted by molar-refractivity contribution is 0.423. The van der Waals surface area contributed by atoms with Gasteiger partial charge in [0, 0.05) is 10.9 Å². The lowest BCUT2D eigenvalue weighted by Crippen LogP contribution is -2.46. The highest BCUT2D eigenvalue weighted by Crippen LogP contribution is 2.27. The molecule has 1 aromatic carbocycles. The van der Waals surface area contributed by atoms with Crippen LogP contribution in [0.1, 0.15) is 12.8 Å². The van der Waals surface area contributed by atoms with Crippen LogP contribution < -0.4 is 5.73 Å². The van der Waals surface area contributed by atoms with Gasteiger partial charge in [-0.25, -0.2) is 4.39 Å². The van der Waals surface area contributed by atoms with Crippen LogP contribution in [0.2, 0.25) is 0 Å². The minimum atomic E-state index is -1.07. The lowest BCUT2D eigenvalue weighted by atomic mass is 9.93. The summed E-state index contributed by atoms with van der Waals surface area (Å²) in [5.74, 6) is -0.302. The fourth-order valence-corrected chi connectivity index (χ4v) is 3.06.